The van der Waals surface area contributed by atoms with Gasteiger partial charge in [-0.1, -0.05) is 12.8 Å². The molecule has 0 aliphatic rings. The molecule has 0 aromatic heterocycles. The second-order valence-electron chi connectivity index (χ2n) is 1.13. The molecule has 1 radical (unpaired) electrons. The first-order chi connectivity index (χ1) is 2.81. The third-order valence-corrected chi connectivity index (χ3v) is 0.609. The summed E-state index contributed by atoms with van der Waals surface area (Å²) in [5.74, 6) is 2.28. The van der Waals surface area contributed by atoms with E-state index in [0.29, 0.717) is 0 Å². The largest absolute Gasteiger partial charge is 0.242 e. The zero-order valence-corrected chi connectivity index (χ0v) is 3.86. The van der Waals surface area contributed by atoms with Crippen LogP contribution in [0.4, 0.5) is 0 Å². The highest BCUT2D eigenvalue weighted by Crippen LogP contribution is 1.80. The molecule has 0 bridgehead atoms. The molecule has 0 aliphatic heterocycles. The van der Waals surface area contributed by atoms with Gasteiger partial charge in [0.1, 0.15) is 0 Å². The minimum absolute atomic E-state index is 0.287. The first kappa shape index (κ1) is 5.52. The lowest BCUT2D eigenvalue weighted by atomic mass is 10.3. The minimum Gasteiger partial charge on any atom is -0.242 e. The van der Waals surface area contributed by atoms with Crippen LogP contribution >= 0.6 is 0 Å². The maximum Gasteiger partial charge on any atom is 0.0815 e. The summed E-state index contributed by atoms with van der Waals surface area (Å²) in [6.45, 7) is 1.90. The Hall–Kier alpha value is -0.480. The molecule has 0 amide bonds. The molecule has 1 unspecified atom stereocenters. The molecule has 33 valence electrons. The number of hydrogen-bond acceptors (Lipinski definition) is 0. The monoisotopic (exact) mass is 82.1 g/mol. The second kappa shape index (κ2) is 2.74. The lowest BCUT2D eigenvalue weighted by Gasteiger charge is -1.89. The van der Waals surface area contributed by atoms with Gasteiger partial charge in [0.15, 0.2) is 0 Å². The Morgan fingerprint density at radius 2 is 2.50 bits per heavy atom. The summed E-state index contributed by atoms with van der Waals surface area (Å²) in [6, 6.07) is -0.287. The summed E-state index contributed by atoms with van der Waals surface area (Å²) in [6.07, 6.45) is 5.61. The average molecular weight is 82.1 g/mol. The maximum absolute atomic E-state index is 6.83. The van der Waals surface area contributed by atoms with Crippen LogP contribution in [0.3, 0.4) is 0 Å². The van der Waals surface area contributed by atoms with Gasteiger partial charge in [-0.25, -0.2) is 5.73 Å². The van der Waals surface area contributed by atoms with Gasteiger partial charge in [0, 0.05) is 0 Å². The summed E-state index contributed by atoms with van der Waals surface area (Å²) in [5, 5.41) is 0. The van der Waals surface area contributed by atoms with Crippen LogP contribution in [0.1, 0.15) is 13.3 Å². The Bertz CT molecular complexity index is 60.8. The molecule has 1 N–H and O–H groups in total. The number of hydrogen-bond donors (Lipinski definition) is 0. The van der Waals surface area contributed by atoms with Gasteiger partial charge in [-0.05, 0) is 6.42 Å². The smallest absolute Gasteiger partial charge is 0.0815 e. The van der Waals surface area contributed by atoms with Gasteiger partial charge in [-0.2, -0.15) is 0 Å². The molecule has 0 aromatic carbocycles. The molecule has 0 fully saturated rings. The van der Waals surface area contributed by atoms with Crippen molar-refractivity contribution in [2.75, 3.05) is 0 Å². The van der Waals surface area contributed by atoms with E-state index in [0.717, 1.165) is 6.42 Å². The van der Waals surface area contributed by atoms with Gasteiger partial charge < -0.3 is 0 Å². The Morgan fingerprint density at radius 1 is 2.00 bits per heavy atom. The van der Waals surface area contributed by atoms with Crippen LogP contribution in [0.2, 0.25) is 0 Å². The van der Waals surface area contributed by atoms with Crippen molar-refractivity contribution in [2.45, 2.75) is 19.4 Å². The van der Waals surface area contributed by atoms with Gasteiger partial charge in [0.05, 0.1) is 6.04 Å². The number of rotatable bonds is 1. The van der Waals surface area contributed by atoms with E-state index in [2.05, 4.69) is 5.92 Å². The quantitative estimate of drug-likeness (QED) is 0.415. The molecule has 0 saturated heterocycles. The molecule has 1 heteroatoms. The van der Waals surface area contributed by atoms with Crippen molar-refractivity contribution in [3.8, 4) is 12.3 Å². The van der Waals surface area contributed by atoms with E-state index in [4.69, 9.17) is 12.2 Å². The van der Waals surface area contributed by atoms with Crippen LogP contribution in [0.25, 0.3) is 0 Å². The molecule has 0 heterocycles. The molecule has 0 aromatic rings. The van der Waals surface area contributed by atoms with Crippen LogP contribution in [0.5, 0.6) is 0 Å². The van der Waals surface area contributed by atoms with Crippen molar-refractivity contribution in [2.24, 2.45) is 0 Å². The summed E-state index contributed by atoms with van der Waals surface area (Å²) >= 11 is 0. The lowest BCUT2D eigenvalue weighted by molar-refractivity contribution is 0.782. The van der Waals surface area contributed by atoms with Gasteiger partial charge in [-0.3, -0.25) is 0 Å². The van der Waals surface area contributed by atoms with E-state index in [1.165, 1.54) is 0 Å². The summed E-state index contributed by atoms with van der Waals surface area (Å²) in [4.78, 5) is 0. The van der Waals surface area contributed by atoms with Crippen molar-refractivity contribution < 1.29 is 0 Å². The second-order valence-corrected chi connectivity index (χ2v) is 1.13. The van der Waals surface area contributed by atoms with Crippen molar-refractivity contribution in [1.82, 2.24) is 5.73 Å². The lowest BCUT2D eigenvalue weighted by Crippen LogP contribution is -2.00. The minimum atomic E-state index is -0.287. The molecule has 1 atom stereocenters. The Labute approximate surface area is 38.5 Å². The Kier molecular flexibility index (Phi) is 2.52. The zero-order valence-electron chi connectivity index (χ0n) is 3.86. The highest BCUT2D eigenvalue weighted by molar-refractivity contribution is 4.94. The van der Waals surface area contributed by atoms with E-state index >= 15 is 0 Å². The average Bonchev–Trinajstić information content (AvgIpc) is 1.65. The number of nitrogens with one attached hydrogen (secondary N) is 1. The molecule has 0 rings (SSSR count). The topological polar surface area (TPSA) is 23.8 Å². The van der Waals surface area contributed by atoms with E-state index < -0.39 is 0 Å². The zero-order chi connectivity index (χ0) is 4.99. The number of terminal acetylenes is 1. The van der Waals surface area contributed by atoms with Crippen molar-refractivity contribution in [3.05, 3.63) is 0 Å². The first-order valence-corrected chi connectivity index (χ1v) is 1.98. The highest BCUT2D eigenvalue weighted by Gasteiger charge is 1.86. The fourth-order valence-corrected chi connectivity index (χ4v) is 0.118. The normalized spacial score (nSPS) is 12.8. The molecular weight excluding hydrogens is 74.1 g/mol. The van der Waals surface area contributed by atoms with E-state index in [9.17, 15) is 0 Å². The van der Waals surface area contributed by atoms with Gasteiger partial charge in [0.25, 0.3) is 0 Å². The van der Waals surface area contributed by atoms with Gasteiger partial charge in [0.2, 0.25) is 0 Å². The van der Waals surface area contributed by atoms with Crippen LogP contribution in [-0.4, -0.2) is 6.04 Å². The van der Waals surface area contributed by atoms with Crippen LogP contribution in [0, 0.1) is 12.3 Å². The van der Waals surface area contributed by atoms with Crippen molar-refractivity contribution in [3.63, 3.8) is 0 Å². The fourth-order valence-electron chi connectivity index (χ4n) is 0.118. The third-order valence-electron chi connectivity index (χ3n) is 0.609. The van der Waals surface area contributed by atoms with Crippen molar-refractivity contribution >= 4 is 0 Å². The van der Waals surface area contributed by atoms with Gasteiger partial charge in [-0.15, -0.1) is 6.42 Å². The summed E-state index contributed by atoms with van der Waals surface area (Å²) in [7, 11) is 0. The Morgan fingerprint density at radius 3 is 2.50 bits per heavy atom. The summed E-state index contributed by atoms with van der Waals surface area (Å²) in [5.41, 5.74) is 6.83. The molecule has 6 heavy (non-hydrogen) atoms. The Balaban J connectivity index is 3.04. The molecule has 1 nitrogen and oxygen atoms in total. The van der Waals surface area contributed by atoms with Crippen LogP contribution in [0.15, 0.2) is 0 Å². The fraction of sp³-hybridized carbons (Fsp3) is 0.600. The molecule has 0 spiro atoms. The highest BCUT2D eigenvalue weighted by atomic mass is 14.6. The van der Waals surface area contributed by atoms with E-state index in [1.807, 2.05) is 6.92 Å². The van der Waals surface area contributed by atoms with E-state index in [-0.39, 0.29) is 6.04 Å². The maximum atomic E-state index is 6.83. The standard InChI is InChI=1S/C5H8N/c1-3-5(6)4-2/h1,5-6H,4H2,2H3. The third kappa shape index (κ3) is 1.80. The predicted octanol–water partition coefficient (Wildman–Crippen LogP) is 0.681. The van der Waals surface area contributed by atoms with Gasteiger partial charge >= 0.3 is 0 Å². The van der Waals surface area contributed by atoms with E-state index in [1.54, 1.807) is 0 Å². The summed E-state index contributed by atoms with van der Waals surface area (Å²) < 4.78 is 0. The molecule has 0 saturated carbocycles. The van der Waals surface area contributed by atoms with Crippen LogP contribution < -0.4 is 5.73 Å². The predicted molar refractivity (Wildman–Crippen MR) is 26.0 cm³/mol. The molecule has 0 aliphatic carbocycles. The first-order valence-electron chi connectivity index (χ1n) is 1.98. The SMILES string of the molecule is C#CC([NH])CC. The van der Waals surface area contributed by atoms with Crippen molar-refractivity contribution in [1.29, 1.82) is 0 Å². The molecular formula is C5H8N. The van der Waals surface area contributed by atoms with Crippen LogP contribution in [-0.2, 0) is 0 Å².